The minimum absolute atomic E-state index is 0.403. The summed E-state index contributed by atoms with van der Waals surface area (Å²) in [5.41, 5.74) is 1.39. The lowest BCUT2D eigenvalue weighted by Crippen LogP contribution is -2.43. The van der Waals surface area contributed by atoms with Gasteiger partial charge in [-0.15, -0.1) is 0 Å². The Balaban J connectivity index is 2.02. The van der Waals surface area contributed by atoms with Crippen LogP contribution in [0.2, 0.25) is 0 Å². The van der Waals surface area contributed by atoms with Gasteiger partial charge < -0.3 is 15.1 Å². The number of nitrogens with zero attached hydrogens (tertiary/aromatic N) is 2. The summed E-state index contributed by atoms with van der Waals surface area (Å²) in [6.45, 7) is 6.00. The first-order valence-electron chi connectivity index (χ1n) is 8.26. The monoisotopic (exact) mass is 289 g/mol. The molecule has 21 heavy (non-hydrogen) atoms. The predicted molar refractivity (Wildman–Crippen MR) is 90.6 cm³/mol. The van der Waals surface area contributed by atoms with E-state index in [0.717, 1.165) is 5.92 Å². The molecule has 0 amide bonds. The molecule has 1 aliphatic heterocycles. The lowest BCUT2D eigenvalue weighted by Gasteiger charge is -2.35. The van der Waals surface area contributed by atoms with E-state index in [1.165, 1.54) is 38.0 Å². The van der Waals surface area contributed by atoms with E-state index in [9.17, 15) is 0 Å². The van der Waals surface area contributed by atoms with Crippen molar-refractivity contribution in [1.29, 1.82) is 0 Å². The highest BCUT2D eigenvalue weighted by molar-refractivity contribution is 5.20. The highest BCUT2D eigenvalue weighted by Gasteiger charge is 2.27. The summed E-state index contributed by atoms with van der Waals surface area (Å²) in [6.07, 6.45) is 2.51. The van der Waals surface area contributed by atoms with E-state index in [1.54, 1.807) is 0 Å². The fourth-order valence-corrected chi connectivity index (χ4v) is 3.76. The Labute approximate surface area is 130 Å². The molecular formula is C18H31N3. The third kappa shape index (κ3) is 4.29. The van der Waals surface area contributed by atoms with Gasteiger partial charge in [0.1, 0.15) is 0 Å². The maximum Gasteiger partial charge on any atom is 0.0475 e. The Kier molecular flexibility index (Phi) is 6.22. The van der Waals surface area contributed by atoms with E-state index < -0.39 is 0 Å². The first-order chi connectivity index (χ1) is 10.2. The Morgan fingerprint density at radius 2 is 2.05 bits per heavy atom. The Bertz CT molecular complexity index is 406. The number of hydrogen-bond donors (Lipinski definition) is 1. The lowest BCUT2D eigenvalue weighted by atomic mass is 9.95. The van der Waals surface area contributed by atoms with Crippen LogP contribution in [-0.2, 0) is 0 Å². The van der Waals surface area contributed by atoms with Crippen molar-refractivity contribution in [2.24, 2.45) is 5.92 Å². The van der Waals surface area contributed by atoms with Crippen molar-refractivity contribution in [1.82, 2.24) is 15.1 Å². The average molecular weight is 289 g/mol. The van der Waals surface area contributed by atoms with Crippen LogP contribution in [0.5, 0.6) is 0 Å². The van der Waals surface area contributed by atoms with Gasteiger partial charge in [0.15, 0.2) is 0 Å². The predicted octanol–water partition coefficient (Wildman–Crippen LogP) is 2.61. The molecule has 0 aromatic heterocycles. The second-order valence-electron chi connectivity index (χ2n) is 6.51. The van der Waals surface area contributed by atoms with Gasteiger partial charge in [0.2, 0.25) is 0 Å². The van der Waals surface area contributed by atoms with Crippen LogP contribution in [0.3, 0.4) is 0 Å². The summed E-state index contributed by atoms with van der Waals surface area (Å²) in [5.74, 6) is 0.822. The van der Waals surface area contributed by atoms with Crippen LogP contribution >= 0.6 is 0 Å². The molecule has 1 aromatic carbocycles. The molecule has 3 nitrogen and oxygen atoms in total. The molecule has 1 saturated heterocycles. The molecule has 0 aliphatic carbocycles. The highest BCUT2D eigenvalue weighted by atomic mass is 15.2. The molecule has 1 heterocycles. The van der Waals surface area contributed by atoms with Crippen molar-refractivity contribution in [2.75, 3.05) is 40.8 Å². The van der Waals surface area contributed by atoms with Crippen LogP contribution < -0.4 is 5.32 Å². The highest BCUT2D eigenvalue weighted by Crippen LogP contribution is 2.24. The lowest BCUT2D eigenvalue weighted by molar-refractivity contribution is 0.165. The molecule has 0 spiro atoms. The minimum atomic E-state index is 0.403. The van der Waals surface area contributed by atoms with Gasteiger partial charge in [-0.3, -0.25) is 0 Å². The molecule has 1 N–H and O–H groups in total. The van der Waals surface area contributed by atoms with Gasteiger partial charge in [-0.1, -0.05) is 37.3 Å². The van der Waals surface area contributed by atoms with Crippen molar-refractivity contribution in [2.45, 2.75) is 31.8 Å². The molecule has 0 bridgehead atoms. The molecule has 0 radical (unpaired) electrons. The zero-order chi connectivity index (χ0) is 15.2. The van der Waals surface area contributed by atoms with Crippen LogP contribution in [0.15, 0.2) is 30.3 Å². The fraction of sp³-hybridized carbons (Fsp3) is 0.667. The number of nitrogens with one attached hydrogen (secondary N) is 1. The van der Waals surface area contributed by atoms with Gasteiger partial charge in [0, 0.05) is 25.2 Å². The van der Waals surface area contributed by atoms with Gasteiger partial charge >= 0.3 is 0 Å². The van der Waals surface area contributed by atoms with E-state index in [2.05, 4.69) is 73.5 Å². The second-order valence-corrected chi connectivity index (χ2v) is 6.51. The van der Waals surface area contributed by atoms with E-state index in [4.69, 9.17) is 0 Å². The topological polar surface area (TPSA) is 18.5 Å². The van der Waals surface area contributed by atoms with E-state index in [-0.39, 0.29) is 0 Å². The minimum Gasteiger partial charge on any atom is -0.312 e. The standard InChI is InChI=1S/C18H31N3/c1-5-17(18(19-2)16-9-7-6-8-10-16)21(4)14-15-11-12-20(3)13-15/h6-10,15,17-19H,5,11-14H2,1-4H3. The number of hydrogen-bond acceptors (Lipinski definition) is 3. The summed E-state index contributed by atoms with van der Waals surface area (Å²) in [7, 11) is 6.61. The van der Waals surface area contributed by atoms with Gasteiger partial charge in [0.05, 0.1) is 0 Å². The number of likely N-dealkylation sites (N-methyl/N-ethyl adjacent to an activating group) is 2. The van der Waals surface area contributed by atoms with Gasteiger partial charge in [-0.25, -0.2) is 0 Å². The third-order valence-corrected chi connectivity index (χ3v) is 4.87. The van der Waals surface area contributed by atoms with Crippen molar-refractivity contribution >= 4 is 0 Å². The molecule has 1 aromatic rings. The number of likely N-dealkylation sites (tertiary alicyclic amines) is 1. The van der Waals surface area contributed by atoms with Crippen molar-refractivity contribution in [3.63, 3.8) is 0 Å². The summed E-state index contributed by atoms with van der Waals surface area (Å²) in [4.78, 5) is 5.02. The molecule has 118 valence electrons. The zero-order valence-electron chi connectivity index (χ0n) is 14.0. The van der Waals surface area contributed by atoms with Crippen molar-refractivity contribution in [3.05, 3.63) is 35.9 Å². The normalized spacial score (nSPS) is 22.6. The average Bonchev–Trinajstić information content (AvgIpc) is 2.90. The summed E-state index contributed by atoms with van der Waals surface area (Å²) >= 11 is 0. The maximum absolute atomic E-state index is 3.53. The van der Waals surface area contributed by atoms with E-state index >= 15 is 0 Å². The molecule has 0 saturated carbocycles. The van der Waals surface area contributed by atoms with E-state index in [0.29, 0.717) is 12.1 Å². The smallest absolute Gasteiger partial charge is 0.0475 e. The molecule has 1 fully saturated rings. The first-order valence-corrected chi connectivity index (χ1v) is 8.26. The first kappa shape index (κ1) is 16.5. The van der Waals surface area contributed by atoms with Gasteiger partial charge in [-0.05, 0) is 52.0 Å². The third-order valence-electron chi connectivity index (χ3n) is 4.87. The van der Waals surface area contributed by atoms with Gasteiger partial charge in [0.25, 0.3) is 0 Å². The van der Waals surface area contributed by atoms with Crippen LogP contribution in [0.1, 0.15) is 31.4 Å². The van der Waals surface area contributed by atoms with Crippen LogP contribution in [0, 0.1) is 5.92 Å². The Morgan fingerprint density at radius 3 is 2.57 bits per heavy atom. The Morgan fingerprint density at radius 1 is 1.33 bits per heavy atom. The second kappa shape index (κ2) is 7.92. The van der Waals surface area contributed by atoms with Crippen molar-refractivity contribution < 1.29 is 0 Å². The number of benzene rings is 1. The SMILES string of the molecule is CCC(C(NC)c1ccccc1)N(C)CC1CCN(C)C1. The van der Waals surface area contributed by atoms with Crippen molar-refractivity contribution in [3.8, 4) is 0 Å². The molecule has 1 aliphatic rings. The quantitative estimate of drug-likeness (QED) is 0.832. The molecular weight excluding hydrogens is 258 g/mol. The largest absolute Gasteiger partial charge is 0.312 e. The maximum atomic E-state index is 3.53. The molecule has 2 rings (SSSR count). The number of rotatable bonds is 7. The van der Waals surface area contributed by atoms with Crippen LogP contribution in [0.25, 0.3) is 0 Å². The van der Waals surface area contributed by atoms with Crippen LogP contribution in [0.4, 0.5) is 0 Å². The zero-order valence-corrected chi connectivity index (χ0v) is 14.0. The summed E-state index contributed by atoms with van der Waals surface area (Å²) in [5, 5.41) is 3.53. The Hall–Kier alpha value is -0.900. The summed E-state index contributed by atoms with van der Waals surface area (Å²) < 4.78 is 0. The fourth-order valence-electron chi connectivity index (χ4n) is 3.76. The molecule has 3 atom stereocenters. The summed E-state index contributed by atoms with van der Waals surface area (Å²) in [6, 6.07) is 11.8. The van der Waals surface area contributed by atoms with Crippen LogP contribution in [-0.4, -0.2) is 56.6 Å². The van der Waals surface area contributed by atoms with Gasteiger partial charge in [-0.2, -0.15) is 0 Å². The molecule has 3 unspecified atom stereocenters. The molecule has 3 heteroatoms. The van der Waals surface area contributed by atoms with E-state index in [1.807, 2.05) is 0 Å².